The number of likely N-dealkylation sites (tertiary alicyclic amines) is 2. The maximum Gasteiger partial charge on any atom is 0.410 e. The second-order valence-corrected chi connectivity index (χ2v) is 10.6. The normalized spacial score (nSPS) is 20.5. The molecule has 0 radical (unpaired) electrons. The van der Waals surface area contributed by atoms with E-state index in [-0.39, 0.29) is 24.8 Å². The van der Waals surface area contributed by atoms with Crippen molar-refractivity contribution in [3.8, 4) is 11.5 Å². The first kappa shape index (κ1) is 29.0. The molecule has 3 aliphatic rings. The van der Waals surface area contributed by atoms with Gasteiger partial charge in [-0.3, -0.25) is 9.69 Å². The summed E-state index contributed by atoms with van der Waals surface area (Å²) in [7, 11) is 0. The first-order valence-electron chi connectivity index (χ1n) is 13.6. The lowest BCUT2D eigenvalue weighted by molar-refractivity contribution is -0.155. The van der Waals surface area contributed by atoms with Gasteiger partial charge in [-0.15, -0.1) is 0 Å². The van der Waals surface area contributed by atoms with Gasteiger partial charge >= 0.3 is 12.1 Å². The second kappa shape index (κ2) is 12.3. The number of ether oxygens (including phenoxy) is 4. The monoisotopic (exact) mass is 520 g/mol. The van der Waals surface area contributed by atoms with Gasteiger partial charge in [0.15, 0.2) is 11.5 Å². The summed E-state index contributed by atoms with van der Waals surface area (Å²) in [5.74, 6) is 1.19. The zero-order valence-electron chi connectivity index (χ0n) is 23.2. The molecule has 2 fully saturated rings. The Morgan fingerprint density at radius 3 is 2.30 bits per heavy atom. The van der Waals surface area contributed by atoms with Crippen molar-refractivity contribution < 1.29 is 33.6 Å². The third kappa shape index (κ3) is 7.08. The molecule has 4 rings (SSSR count). The summed E-state index contributed by atoms with van der Waals surface area (Å²) in [4.78, 5) is 29.4. The van der Waals surface area contributed by atoms with Crippen LogP contribution >= 0.6 is 0 Å². The van der Waals surface area contributed by atoms with E-state index in [4.69, 9.17) is 18.9 Å². The predicted molar refractivity (Wildman–Crippen MR) is 140 cm³/mol. The van der Waals surface area contributed by atoms with Gasteiger partial charge < -0.3 is 29.0 Å². The van der Waals surface area contributed by atoms with Crippen LogP contribution in [0.5, 0.6) is 11.5 Å². The van der Waals surface area contributed by atoms with E-state index in [1.165, 1.54) is 0 Å². The predicted octanol–water partition coefficient (Wildman–Crippen LogP) is 4.30. The molecule has 0 bridgehead atoms. The molecule has 208 valence electrons. The highest BCUT2D eigenvalue weighted by atomic mass is 16.7. The van der Waals surface area contributed by atoms with Gasteiger partial charge in [0.05, 0.1) is 12.2 Å². The summed E-state index contributed by atoms with van der Waals surface area (Å²) in [6.07, 6.45) is 2.09. The number of nitrogens with zero attached hydrogens (tertiary/aromatic N) is 2. The minimum absolute atomic E-state index is 0.0736. The molecule has 1 N–H and O–H groups in total. The smallest absolute Gasteiger partial charge is 0.410 e. The van der Waals surface area contributed by atoms with Crippen molar-refractivity contribution in [3.05, 3.63) is 23.8 Å². The molecular formula is C28H44N2O7. The molecule has 3 aliphatic heterocycles. The minimum Gasteiger partial charge on any atom is -0.465 e. The van der Waals surface area contributed by atoms with Crippen LogP contribution in [0.1, 0.15) is 72.8 Å². The van der Waals surface area contributed by atoms with Crippen LogP contribution in [0.2, 0.25) is 0 Å². The van der Waals surface area contributed by atoms with Crippen LogP contribution in [0.4, 0.5) is 4.79 Å². The zero-order chi connectivity index (χ0) is 27.2. The van der Waals surface area contributed by atoms with Crippen molar-refractivity contribution in [1.29, 1.82) is 0 Å². The standard InChI is InChI=1S/C26H38N2O7.C2H6/c1-5-32-23(29)22(18-8-12-28(13-9-18)24(30)35-25(2,3)4)27-14-10-26(31,11-15-27)19-6-7-20-21(16-19)34-17-33-20;1-2/h6-7,16,18,22,31H,5,8-15,17H2,1-4H3;1-2H3. The van der Waals surface area contributed by atoms with E-state index in [9.17, 15) is 14.7 Å². The van der Waals surface area contributed by atoms with Gasteiger partial charge in [-0.1, -0.05) is 19.9 Å². The number of hydrogen-bond acceptors (Lipinski definition) is 8. The summed E-state index contributed by atoms with van der Waals surface area (Å²) < 4.78 is 21.8. The van der Waals surface area contributed by atoms with E-state index >= 15 is 0 Å². The summed E-state index contributed by atoms with van der Waals surface area (Å²) in [5.41, 5.74) is -0.722. The molecule has 0 spiro atoms. The van der Waals surface area contributed by atoms with Gasteiger partial charge in [-0.25, -0.2) is 4.79 Å². The van der Waals surface area contributed by atoms with Crippen LogP contribution in [0, 0.1) is 5.92 Å². The number of carbonyl (C=O) groups excluding carboxylic acids is 2. The number of piperidine rings is 2. The van der Waals surface area contributed by atoms with Gasteiger partial charge in [-0.05, 0) is 77.0 Å². The summed E-state index contributed by atoms with van der Waals surface area (Å²) in [5, 5.41) is 11.4. The Kier molecular flexibility index (Phi) is 9.69. The number of esters is 1. The van der Waals surface area contributed by atoms with E-state index in [1.54, 1.807) is 4.90 Å². The molecule has 1 aromatic rings. The highest BCUT2D eigenvalue weighted by Crippen LogP contribution is 2.40. The molecule has 9 nitrogen and oxygen atoms in total. The Morgan fingerprint density at radius 1 is 1.08 bits per heavy atom. The van der Waals surface area contributed by atoms with E-state index in [1.807, 2.05) is 59.7 Å². The fraction of sp³-hybridized carbons (Fsp3) is 0.714. The van der Waals surface area contributed by atoms with E-state index in [0.717, 1.165) is 5.56 Å². The lowest BCUT2D eigenvalue weighted by Gasteiger charge is -2.44. The van der Waals surface area contributed by atoms with Gasteiger partial charge in [-0.2, -0.15) is 0 Å². The lowest BCUT2D eigenvalue weighted by atomic mass is 9.81. The van der Waals surface area contributed by atoms with Crippen LogP contribution in [-0.4, -0.2) is 78.2 Å². The van der Waals surface area contributed by atoms with Crippen LogP contribution < -0.4 is 9.47 Å². The number of fused-ring (bicyclic) bond motifs is 1. The van der Waals surface area contributed by atoms with Gasteiger partial charge in [0.2, 0.25) is 6.79 Å². The third-order valence-corrected chi connectivity index (χ3v) is 7.09. The fourth-order valence-electron chi connectivity index (χ4n) is 5.24. The van der Waals surface area contributed by atoms with E-state index in [2.05, 4.69) is 4.90 Å². The molecule has 0 aliphatic carbocycles. The maximum absolute atomic E-state index is 13.0. The number of benzene rings is 1. The lowest BCUT2D eigenvalue weighted by Crippen LogP contribution is -2.55. The quantitative estimate of drug-likeness (QED) is 0.574. The van der Waals surface area contributed by atoms with Gasteiger partial charge in [0, 0.05) is 26.2 Å². The Hall–Kier alpha value is -2.52. The first-order valence-corrected chi connectivity index (χ1v) is 13.6. The molecule has 1 atom stereocenters. The molecule has 2 saturated heterocycles. The number of rotatable bonds is 5. The number of amides is 1. The highest BCUT2D eigenvalue weighted by Gasteiger charge is 2.43. The highest BCUT2D eigenvalue weighted by molar-refractivity contribution is 5.76. The SMILES string of the molecule is CC.CCOC(=O)C(C1CCN(C(=O)OC(C)(C)C)CC1)N1CCC(O)(c2ccc3c(c2)OCO3)CC1. The first-order chi connectivity index (χ1) is 17.6. The van der Waals surface area contributed by atoms with Gasteiger partial charge in [0.25, 0.3) is 0 Å². The molecule has 1 aromatic carbocycles. The largest absolute Gasteiger partial charge is 0.465 e. The molecule has 1 unspecified atom stereocenters. The van der Waals surface area contributed by atoms with Gasteiger partial charge in [0.1, 0.15) is 11.6 Å². The van der Waals surface area contributed by atoms with Crippen LogP contribution in [0.25, 0.3) is 0 Å². The average molecular weight is 521 g/mol. The number of carbonyl (C=O) groups is 2. The summed E-state index contributed by atoms with van der Waals surface area (Å²) >= 11 is 0. The molecule has 0 saturated carbocycles. The Bertz CT molecular complexity index is 914. The third-order valence-electron chi connectivity index (χ3n) is 7.09. The van der Waals surface area contributed by atoms with Crippen LogP contribution in [0.15, 0.2) is 18.2 Å². The second-order valence-electron chi connectivity index (χ2n) is 10.6. The maximum atomic E-state index is 13.0. The van der Waals surface area contributed by atoms with Crippen molar-refractivity contribution >= 4 is 12.1 Å². The number of aliphatic hydroxyl groups is 1. The van der Waals surface area contributed by atoms with Crippen molar-refractivity contribution in [1.82, 2.24) is 9.80 Å². The fourth-order valence-corrected chi connectivity index (χ4v) is 5.24. The van der Waals surface area contributed by atoms with E-state index in [0.29, 0.717) is 70.0 Å². The molecule has 1 amide bonds. The van der Waals surface area contributed by atoms with Crippen LogP contribution in [-0.2, 0) is 19.9 Å². The minimum atomic E-state index is -0.989. The van der Waals surface area contributed by atoms with Crippen LogP contribution in [0.3, 0.4) is 0 Å². The van der Waals surface area contributed by atoms with Crippen molar-refractivity contribution in [2.45, 2.75) is 84.5 Å². The summed E-state index contributed by atoms with van der Waals surface area (Å²) in [6.45, 7) is 14.1. The molecule has 9 heteroatoms. The van der Waals surface area contributed by atoms with Crippen molar-refractivity contribution in [3.63, 3.8) is 0 Å². The molecule has 37 heavy (non-hydrogen) atoms. The Morgan fingerprint density at radius 2 is 1.70 bits per heavy atom. The Labute approximate surface area is 221 Å². The average Bonchev–Trinajstić information content (AvgIpc) is 3.34. The topological polar surface area (TPSA) is 97.8 Å². The van der Waals surface area contributed by atoms with E-state index < -0.39 is 17.2 Å². The molecular weight excluding hydrogens is 476 g/mol. The van der Waals surface area contributed by atoms with Crippen molar-refractivity contribution in [2.75, 3.05) is 39.6 Å². The molecule has 3 heterocycles. The zero-order valence-corrected chi connectivity index (χ0v) is 23.2. The molecule has 0 aromatic heterocycles. The Balaban J connectivity index is 0.00000186. The number of hydrogen-bond donors (Lipinski definition) is 1. The summed E-state index contributed by atoms with van der Waals surface area (Å²) in [6, 6.07) is 5.19. The van der Waals surface area contributed by atoms with Crippen molar-refractivity contribution in [2.24, 2.45) is 5.92 Å².